The summed E-state index contributed by atoms with van der Waals surface area (Å²) in [5.41, 5.74) is 1.11. The fourth-order valence-corrected chi connectivity index (χ4v) is 5.74. The van der Waals surface area contributed by atoms with Gasteiger partial charge < -0.3 is 18.9 Å². The SMILES string of the molecule is CCCCCCCCCCCCSc1ncnc2c1ncn2[C@@H]1O[C@H](COC(C)=O)[C@@H](OC(C)=O)[C@H]1OC(C)=O. The minimum Gasteiger partial charge on any atom is -0.463 e. The van der Waals surface area contributed by atoms with E-state index < -0.39 is 42.4 Å². The van der Waals surface area contributed by atoms with Gasteiger partial charge in [-0.15, -0.1) is 11.8 Å². The van der Waals surface area contributed by atoms with E-state index in [0.29, 0.717) is 11.2 Å². The Hall–Kier alpha value is -2.73. The number of imidazole rings is 1. The zero-order chi connectivity index (χ0) is 28.9. The highest BCUT2D eigenvalue weighted by Gasteiger charge is 2.51. The Morgan fingerprint density at radius 3 is 2.10 bits per heavy atom. The van der Waals surface area contributed by atoms with Crippen molar-refractivity contribution >= 4 is 40.8 Å². The molecule has 2 aromatic rings. The van der Waals surface area contributed by atoms with Crippen LogP contribution in [0.3, 0.4) is 0 Å². The normalized spacial score (nSPS) is 20.5. The second kappa shape index (κ2) is 16.5. The second-order valence-corrected chi connectivity index (χ2v) is 11.1. The molecule has 0 N–H and O–H groups in total. The molecule has 1 fully saturated rings. The molecular formula is C28H42N4O7S. The van der Waals surface area contributed by atoms with E-state index in [0.717, 1.165) is 17.2 Å². The van der Waals surface area contributed by atoms with Gasteiger partial charge >= 0.3 is 17.9 Å². The van der Waals surface area contributed by atoms with Crippen molar-refractivity contribution in [2.45, 2.75) is 121 Å². The monoisotopic (exact) mass is 578 g/mol. The Kier molecular flexibility index (Phi) is 13.1. The molecule has 4 atom stereocenters. The summed E-state index contributed by atoms with van der Waals surface area (Å²) in [5.74, 6) is -0.745. The summed E-state index contributed by atoms with van der Waals surface area (Å²) in [4.78, 5) is 48.6. The third-order valence-electron chi connectivity index (χ3n) is 6.68. The van der Waals surface area contributed by atoms with Gasteiger partial charge in [-0.3, -0.25) is 19.0 Å². The number of fused-ring (bicyclic) bond motifs is 1. The maximum atomic E-state index is 12.0. The molecule has 3 rings (SSSR count). The highest BCUT2D eigenvalue weighted by molar-refractivity contribution is 7.99. The number of carbonyl (C=O) groups excluding carboxylic acids is 3. The van der Waals surface area contributed by atoms with Crippen LogP contribution in [0.2, 0.25) is 0 Å². The van der Waals surface area contributed by atoms with E-state index in [1.165, 1.54) is 84.9 Å². The predicted octanol–water partition coefficient (Wildman–Crippen LogP) is 5.16. The number of hydrogen-bond donors (Lipinski definition) is 0. The first kappa shape index (κ1) is 31.8. The van der Waals surface area contributed by atoms with Crippen molar-refractivity contribution in [3.63, 3.8) is 0 Å². The van der Waals surface area contributed by atoms with Crippen LogP contribution in [-0.2, 0) is 33.3 Å². The molecule has 0 aliphatic carbocycles. The van der Waals surface area contributed by atoms with Gasteiger partial charge in [-0.1, -0.05) is 64.7 Å². The van der Waals surface area contributed by atoms with Crippen LogP contribution in [0, 0.1) is 0 Å². The first-order valence-corrected chi connectivity index (χ1v) is 15.2. The predicted molar refractivity (Wildman–Crippen MR) is 150 cm³/mol. The summed E-state index contributed by atoms with van der Waals surface area (Å²) in [6, 6.07) is 0. The molecule has 3 heterocycles. The second-order valence-electron chi connectivity index (χ2n) is 10.0. The Balaban J connectivity index is 1.64. The molecular weight excluding hydrogens is 536 g/mol. The lowest BCUT2D eigenvalue weighted by Crippen LogP contribution is -2.40. The number of thioether (sulfide) groups is 1. The number of rotatable bonds is 17. The zero-order valence-electron chi connectivity index (χ0n) is 24.0. The third-order valence-corrected chi connectivity index (χ3v) is 7.74. The van der Waals surface area contributed by atoms with E-state index in [1.807, 2.05) is 0 Å². The lowest BCUT2D eigenvalue weighted by atomic mass is 10.1. The molecule has 12 heteroatoms. The van der Waals surface area contributed by atoms with Crippen LogP contribution < -0.4 is 0 Å². The molecule has 0 saturated carbocycles. The molecule has 1 aliphatic heterocycles. The summed E-state index contributed by atoms with van der Waals surface area (Å²) >= 11 is 1.64. The van der Waals surface area contributed by atoms with Gasteiger partial charge in [-0.2, -0.15) is 0 Å². The van der Waals surface area contributed by atoms with E-state index in [-0.39, 0.29) is 6.61 Å². The molecule has 0 unspecified atom stereocenters. The maximum absolute atomic E-state index is 12.0. The van der Waals surface area contributed by atoms with Crippen LogP contribution in [-0.4, -0.2) is 68.1 Å². The van der Waals surface area contributed by atoms with E-state index in [4.69, 9.17) is 18.9 Å². The van der Waals surface area contributed by atoms with Gasteiger partial charge in [-0.25, -0.2) is 15.0 Å². The summed E-state index contributed by atoms with van der Waals surface area (Å²) in [7, 11) is 0. The van der Waals surface area contributed by atoms with Crippen molar-refractivity contribution in [3.05, 3.63) is 12.7 Å². The van der Waals surface area contributed by atoms with Crippen molar-refractivity contribution < 1.29 is 33.3 Å². The third kappa shape index (κ3) is 9.43. The van der Waals surface area contributed by atoms with Gasteiger partial charge in [0.2, 0.25) is 0 Å². The van der Waals surface area contributed by atoms with Crippen LogP contribution in [0.4, 0.5) is 0 Å². The quantitative estimate of drug-likeness (QED) is 0.0810. The summed E-state index contributed by atoms with van der Waals surface area (Å²) in [6.07, 6.45) is 12.1. The minimum absolute atomic E-state index is 0.177. The van der Waals surface area contributed by atoms with Gasteiger partial charge in [0, 0.05) is 20.8 Å². The van der Waals surface area contributed by atoms with Gasteiger partial charge in [0.15, 0.2) is 24.1 Å². The van der Waals surface area contributed by atoms with Crippen LogP contribution in [0.15, 0.2) is 17.7 Å². The number of carbonyl (C=O) groups is 3. The smallest absolute Gasteiger partial charge is 0.303 e. The van der Waals surface area contributed by atoms with Crippen molar-refractivity contribution in [2.24, 2.45) is 0 Å². The van der Waals surface area contributed by atoms with Crippen molar-refractivity contribution in [3.8, 4) is 0 Å². The number of nitrogens with zero attached hydrogens (tertiary/aromatic N) is 4. The lowest BCUT2D eigenvalue weighted by molar-refractivity contribution is -0.166. The van der Waals surface area contributed by atoms with Crippen LogP contribution in [0.1, 0.15) is 98.1 Å². The maximum Gasteiger partial charge on any atom is 0.303 e. The lowest BCUT2D eigenvalue weighted by Gasteiger charge is -2.23. The van der Waals surface area contributed by atoms with Crippen LogP contribution >= 0.6 is 11.8 Å². The Morgan fingerprint density at radius 1 is 0.850 bits per heavy atom. The van der Waals surface area contributed by atoms with Gasteiger partial charge in [0.05, 0.1) is 6.33 Å². The summed E-state index contributed by atoms with van der Waals surface area (Å²) in [5, 5.41) is 0.759. The topological polar surface area (TPSA) is 132 Å². The largest absolute Gasteiger partial charge is 0.463 e. The highest BCUT2D eigenvalue weighted by atomic mass is 32.2. The van der Waals surface area contributed by atoms with Crippen molar-refractivity contribution in [1.82, 2.24) is 19.5 Å². The molecule has 0 bridgehead atoms. The van der Waals surface area contributed by atoms with Crippen molar-refractivity contribution in [2.75, 3.05) is 12.4 Å². The molecule has 0 aromatic carbocycles. The molecule has 1 saturated heterocycles. The Bertz CT molecular complexity index is 1110. The summed E-state index contributed by atoms with van der Waals surface area (Å²) < 4.78 is 23.9. The fraction of sp³-hybridized carbons (Fsp3) is 0.714. The van der Waals surface area contributed by atoms with Crippen LogP contribution in [0.25, 0.3) is 11.2 Å². The van der Waals surface area contributed by atoms with E-state index in [9.17, 15) is 14.4 Å². The number of esters is 3. The molecule has 0 radical (unpaired) electrons. The van der Waals surface area contributed by atoms with Gasteiger partial charge in [-0.05, 0) is 12.2 Å². The van der Waals surface area contributed by atoms with E-state index in [2.05, 4.69) is 21.9 Å². The first-order valence-electron chi connectivity index (χ1n) is 14.2. The first-order chi connectivity index (χ1) is 19.3. The standard InChI is InChI=1S/C28H42N4O7S/c1-5-6-7-8-9-10-11-12-13-14-15-40-27-23-26(29-17-30-27)32(18-31-23)28-25(38-21(4)35)24(37-20(3)34)22(39-28)16-36-19(2)33/h17-18,22,24-25,28H,5-16H2,1-4H3/t22-,24-,25-,28-/m1/s1. The molecule has 11 nitrogen and oxygen atoms in total. The Morgan fingerprint density at radius 2 is 1.48 bits per heavy atom. The molecule has 1 aliphatic rings. The zero-order valence-corrected chi connectivity index (χ0v) is 24.8. The summed E-state index contributed by atoms with van der Waals surface area (Å²) in [6.45, 7) is 5.85. The van der Waals surface area contributed by atoms with Crippen LogP contribution in [0.5, 0.6) is 0 Å². The molecule has 40 heavy (non-hydrogen) atoms. The molecule has 2 aromatic heterocycles. The highest BCUT2D eigenvalue weighted by Crippen LogP contribution is 2.36. The molecule has 0 spiro atoms. The van der Waals surface area contributed by atoms with Crippen molar-refractivity contribution in [1.29, 1.82) is 0 Å². The molecule has 0 amide bonds. The molecule has 222 valence electrons. The van der Waals surface area contributed by atoms with Gasteiger partial charge in [0.25, 0.3) is 0 Å². The number of aromatic nitrogens is 4. The fourth-order valence-electron chi connectivity index (χ4n) is 4.80. The average Bonchev–Trinajstić information content (AvgIpc) is 3.47. The number of hydrogen-bond acceptors (Lipinski definition) is 11. The van der Waals surface area contributed by atoms with E-state index in [1.54, 1.807) is 22.7 Å². The Labute approximate surface area is 240 Å². The average molecular weight is 579 g/mol. The number of unbranched alkanes of at least 4 members (excludes halogenated alkanes) is 9. The minimum atomic E-state index is -1.00. The number of ether oxygens (including phenoxy) is 4. The van der Waals surface area contributed by atoms with Gasteiger partial charge in [0.1, 0.15) is 29.6 Å². The van der Waals surface area contributed by atoms with E-state index >= 15 is 0 Å².